The number of rotatable bonds is 4. The average Bonchev–Trinajstić information content (AvgIpc) is 2.38. The number of carbonyl (C=O) groups is 1. The summed E-state index contributed by atoms with van der Waals surface area (Å²) in [6.45, 7) is 0. The second-order valence-electron chi connectivity index (χ2n) is 3.97. The molecule has 0 aliphatic rings. The van der Waals surface area contributed by atoms with Gasteiger partial charge in [-0.3, -0.25) is 9.78 Å². The highest BCUT2D eigenvalue weighted by molar-refractivity contribution is 6.64. The largest absolute Gasteiger partial charge is 0.281 e. The average molecular weight is 280 g/mol. The first-order valence-corrected chi connectivity index (χ1v) is 6.26. The number of hydrogen-bond acceptors (Lipinski definition) is 2. The van der Waals surface area contributed by atoms with Crippen molar-refractivity contribution in [2.24, 2.45) is 0 Å². The third-order valence-corrected chi connectivity index (χ3v) is 3.25. The Balaban J connectivity index is 2.24. The Kier molecular flexibility index (Phi) is 4.34. The lowest BCUT2D eigenvalue weighted by Crippen LogP contribution is -2.10. The lowest BCUT2D eigenvalue weighted by atomic mass is 9.93. The van der Waals surface area contributed by atoms with Crippen molar-refractivity contribution in [1.29, 1.82) is 0 Å². The third kappa shape index (κ3) is 3.31. The molecule has 1 unspecified atom stereocenters. The van der Waals surface area contributed by atoms with Crippen LogP contribution >= 0.6 is 23.2 Å². The van der Waals surface area contributed by atoms with Crippen LogP contribution in [0, 0.1) is 0 Å². The van der Waals surface area contributed by atoms with E-state index >= 15 is 0 Å². The Labute approximate surface area is 116 Å². The molecule has 0 aliphatic carbocycles. The van der Waals surface area contributed by atoms with Gasteiger partial charge in [0.05, 0.1) is 5.92 Å². The lowest BCUT2D eigenvalue weighted by Gasteiger charge is -2.13. The molecule has 0 radical (unpaired) electrons. The summed E-state index contributed by atoms with van der Waals surface area (Å²) in [4.78, 5) is 15.5. The van der Waals surface area contributed by atoms with Crippen LogP contribution in [0.25, 0.3) is 0 Å². The maximum absolute atomic E-state index is 11.6. The van der Waals surface area contributed by atoms with Crippen LogP contribution in [0.5, 0.6) is 0 Å². The number of nitrogens with zero attached hydrogens (tertiary/aromatic N) is 1. The smallest absolute Gasteiger partial charge is 0.229 e. The molecule has 1 heterocycles. The zero-order valence-electron chi connectivity index (χ0n) is 9.51. The zero-order valence-corrected chi connectivity index (χ0v) is 11.0. The molecule has 0 saturated heterocycles. The first-order chi connectivity index (χ1) is 8.66. The van der Waals surface area contributed by atoms with E-state index in [1.807, 2.05) is 24.3 Å². The molecule has 0 fully saturated rings. The molecule has 0 amide bonds. The second kappa shape index (κ2) is 5.98. The molecule has 0 saturated carbocycles. The highest BCUT2D eigenvalue weighted by Gasteiger charge is 2.19. The highest BCUT2D eigenvalue weighted by Crippen LogP contribution is 2.24. The van der Waals surface area contributed by atoms with Crippen LogP contribution in [-0.4, -0.2) is 10.2 Å². The van der Waals surface area contributed by atoms with Crippen molar-refractivity contribution < 1.29 is 4.79 Å². The molecule has 92 valence electrons. The number of halogens is 2. The Hall–Kier alpha value is -1.38. The number of aromatic nitrogens is 1. The van der Waals surface area contributed by atoms with Crippen LogP contribution in [0.1, 0.15) is 17.0 Å². The molecule has 0 aliphatic heterocycles. The van der Waals surface area contributed by atoms with Crippen LogP contribution in [-0.2, 0) is 11.2 Å². The van der Waals surface area contributed by atoms with Gasteiger partial charge in [-0.15, -0.1) is 0 Å². The highest BCUT2D eigenvalue weighted by atomic mass is 35.5. The number of carbonyl (C=O) groups excluding carboxylic acids is 1. The van der Waals surface area contributed by atoms with E-state index in [1.165, 1.54) is 0 Å². The molecule has 4 heteroatoms. The summed E-state index contributed by atoms with van der Waals surface area (Å²) < 4.78 is 0. The minimum atomic E-state index is -0.367. The monoisotopic (exact) mass is 279 g/mol. The fraction of sp³-hybridized carbons (Fsp3) is 0.143. The van der Waals surface area contributed by atoms with Gasteiger partial charge in [0.2, 0.25) is 5.24 Å². The fourth-order valence-corrected chi connectivity index (χ4v) is 2.11. The lowest BCUT2D eigenvalue weighted by molar-refractivity contribution is -0.113. The van der Waals surface area contributed by atoms with Gasteiger partial charge in [-0.1, -0.05) is 23.7 Å². The normalized spacial score (nSPS) is 12.1. The van der Waals surface area contributed by atoms with Crippen LogP contribution in [0.15, 0.2) is 48.8 Å². The summed E-state index contributed by atoms with van der Waals surface area (Å²) in [5.74, 6) is -0.355. The van der Waals surface area contributed by atoms with Crippen molar-refractivity contribution in [2.45, 2.75) is 12.3 Å². The van der Waals surface area contributed by atoms with E-state index in [1.54, 1.807) is 24.5 Å². The maximum Gasteiger partial charge on any atom is 0.229 e. The predicted octanol–water partition coefficient (Wildman–Crippen LogP) is 3.83. The van der Waals surface area contributed by atoms with Gasteiger partial charge in [0, 0.05) is 17.4 Å². The number of pyridine rings is 1. The first kappa shape index (κ1) is 13.1. The molecule has 0 bridgehead atoms. The topological polar surface area (TPSA) is 30.0 Å². The Morgan fingerprint density at radius 3 is 2.28 bits per heavy atom. The summed E-state index contributed by atoms with van der Waals surface area (Å²) in [6, 6.07) is 10.9. The van der Waals surface area contributed by atoms with Crippen LogP contribution in [0.3, 0.4) is 0 Å². The van der Waals surface area contributed by atoms with E-state index < -0.39 is 0 Å². The quantitative estimate of drug-likeness (QED) is 0.797. The zero-order chi connectivity index (χ0) is 13.0. The van der Waals surface area contributed by atoms with Gasteiger partial charge in [-0.2, -0.15) is 0 Å². The van der Waals surface area contributed by atoms with Crippen molar-refractivity contribution in [3.05, 3.63) is 64.9 Å². The molecular weight excluding hydrogens is 269 g/mol. The Morgan fingerprint density at radius 1 is 1.11 bits per heavy atom. The molecule has 2 rings (SSSR count). The summed E-state index contributed by atoms with van der Waals surface area (Å²) in [6.07, 6.45) is 3.96. The molecule has 1 atom stereocenters. The number of benzene rings is 1. The summed E-state index contributed by atoms with van der Waals surface area (Å²) >= 11 is 11.5. The van der Waals surface area contributed by atoms with Gasteiger partial charge in [0.25, 0.3) is 0 Å². The fourth-order valence-electron chi connectivity index (χ4n) is 1.78. The molecule has 2 nitrogen and oxygen atoms in total. The molecule has 18 heavy (non-hydrogen) atoms. The van der Waals surface area contributed by atoms with Crippen molar-refractivity contribution in [1.82, 2.24) is 4.98 Å². The molecular formula is C14H11Cl2NO. The van der Waals surface area contributed by atoms with E-state index in [4.69, 9.17) is 23.2 Å². The Morgan fingerprint density at radius 2 is 1.72 bits per heavy atom. The molecule has 1 aromatic heterocycles. The molecule has 0 N–H and O–H groups in total. The molecule has 1 aromatic carbocycles. The van der Waals surface area contributed by atoms with Gasteiger partial charge in [0.1, 0.15) is 0 Å². The SMILES string of the molecule is O=C(Cl)C(Cc1ccncc1)c1ccc(Cl)cc1. The van der Waals surface area contributed by atoms with Crippen LogP contribution in [0.2, 0.25) is 5.02 Å². The molecule has 2 aromatic rings. The van der Waals surface area contributed by atoms with Crippen molar-refractivity contribution in [2.75, 3.05) is 0 Å². The van der Waals surface area contributed by atoms with Gasteiger partial charge in [-0.05, 0) is 53.4 Å². The van der Waals surface area contributed by atoms with Crippen LogP contribution < -0.4 is 0 Å². The van der Waals surface area contributed by atoms with E-state index in [9.17, 15) is 4.79 Å². The van der Waals surface area contributed by atoms with E-state index in [-0.39, 0.29) is 11.2 Å². The Bertz CT molecular complexity index is 525. The van der Waals surface area contributed by atoms with Gasteiger partial charge < -0.3 is 0 Å². The standard InChI is InChI=1S/C14H11Cl2NO/c15-12-3-1-11(2-4-12)13(14(16)18)9-10-5-7-17-8-6-10/h1-8,13H,9H2. The second-order valence-corrected chi connectivity index (χ2v) is 4.78. The van der Waals surface area contributed by atoms with Gasteiger partial charge >= 0.3 is 0 Å². The number of hydrogen-bond donors (Lipinski definition) is 0. The predicted molar refractivity (Wildman–Crippen MR) is 73.0 cm³/mol. The van der Waals surface area contributed by atoms with Crippen molar-refractivity contribution >= 4 is 28.4 Å². The third-order valence-electron chi connectivity index (χ3n) is 2.74. The van der Waals surface area contributed by atoms with Crippen molar-refractivity contribution in [3.63, 3.8) is 0 Å². The summed E-state index contributed by atoms with van der Waals surface area (Å²) in [5.41, 5.74) is 1.90. The van der Waals surface area contributed by atoms with Gasteiger partial charge in [0.15, 0.2) is 0 Å². The van der Waals surface area contributed by atoms with Crippen molar-refractivity contribution in [3.8, 4) is 0 Å². The minimum Gasteiger partial charge on any atom is -0.281 e. The maximum atomic E-state index is 11.6. The van der Waals surface area contributed by atoms with Gasteiger partial charge in [-0.25, -0.2) is 0 Å². The summed E-state index contributed by atoms with van der Waals surface area (Å²) in [5, 5.41) is 0.276. The van der Waals surface area contributed by atoms with E-state index in [0.29, 0.717) is 11.4 Å². The molecule has 0 spiro atoms. The first-order valence-electron chi connectivity index (χ1n) is 5.50. The van der Waals surface area contributed by atoms with Crippen LogP contribution in [0.4, 0.5) is 0 Å². The minimum absolute atomic E-state index is 0.355. The summed E-state index contributed by atoms with van der Waals surface area (Å²) in [7, 11) is 0. The van der Waals surface area contributed by atoms with E-state index in [0.717, 1.165) is 11.1 Å². The van der Waals surface area contributed by atoms with E-state index in [2.05, 4.69) is 4.98 Å².